The topological polar surface area (TPSA) is 21.3 Å². The summed E-state index contributed by atoms with van der Waals surface area (Å²) < 4.78 is 5.27. The third-order valence-corrected chi connectivity index (χ3v) is 5.24. The lowest BCUT2D eigenvalue weighted by Gasteiger charge is -2.29. The highest BCUT2D eigenvalue weighted by molar-refractivity contribution is 5.30. The highest BCUT2D eigenvalue weighted by Crippen LogP contribution is 2.41. The fraction of sp³-hybridized carbons (Fsp3) is 0.684. The maximum atomic E-state index is 5.27. The van der Waals surface area contributed by atoms with E-state index in [-0.39, 0.29) is 0 Å². The maximum Gasteiger partial charge on any atom is 0.118 e. The van der Waals surface area contributed by atoms with Gasteiger partial charge in [0.1, 0.15) is 5.75 Å². The summed E-state index contributed by atoms with van der Waals surface area (Å²) in [6, 6.07) is 9.20. The lowest BCUT2D eigenvalue weighted by atomic mass is 9.82. The second kappa shape index (κ2) is 6.83. The normalized spacial score (nSPS) is 27.3. The van der Waals surface area contributed by atoms with Crippen LogP contribution in [0.3, 0.4) is 0 Å². The molecule has 1 aromatic carbocycles. The fourth-order valence-corrected chi connectivity index (χ4v) is 3.84. The molecule has 2 aliphatic carbocycles. The van der Waals surface area contributed by atoms with Crippen LogP contribution in [-0.4, -0.2) is 13.7 Å². The van der Waals surface area contributed by atoms with Gasteiger partial charge in [0.05, 0.1) is 7.11 Å². The monoisotopic (exact) mass is 287 g/mol. The van der Waals surface area contributed by atoms with E-state index in [1.54, 1.807) is 7.11 Å². The molecule has 21 heavy (non-hydrogen) atoms. The first-order chi connectivity index (χ1) is 10.3. The van der Waals surface area contributed by atoms with Gasteiger partial charge in [0.15, 0.2) is 0 Å². The quantitative estimate of drug-likeness (QED) is 0.828. The Labute approximate surface area is 129 Å². The van der Waals surface area contributed by atoms with Gasteiger partial charge in [-0.2, -0.15) is 0 Å². The summed E-state index contributed by atoms with van der Waals surface area (Å²) >= 11 is 0. The summed E-state index contributed by atoms with van der Waals surface area (Å²) in [7, 11) is 1.73. The van der Waals surface area contributed by atoms with Gasteiger partial charge in [-0.1, -0.05) is 31.9 Å². The van der Waals surface area contributed by atoms with Crippen LogP contribution in [0.25, 0.3) is 0 Å². The SMILES string of the molecule is COc1ccc(C(NCC2CCCC(C)C2)C2CC2)cc1. The molecular formula is C19H29NO. The minimum atomic E-state index is 0.549. The van der Waals surface area contributed by atoms with Crippen LogP contribution in [-0.2, 0) is 0 Å². The van der Waals surface area contributed by atoms with E-state index in [0.717, 1.165) is 23.5 Å². The Hall–Kier alpha value is -1.02. The standard InChI is InChI=1S/C19H29NO/c1-14-4-3-5-15(12-14)13-20-19(16-6-7-16)17-8-10-18(21-2)11-9-17/h8-11,14-16,19-20H,3-7,12-13H2,1-2H3. The molecule has 2 fully saturated rings. The van der Waals surface area contributed by atoms with Crippen molar-refractivity contribution in [1.29, 1.82) is 0 Å². The first kappa shape index (κ1) is 14.9. The Morgan fingerprint density at radius 3 is 2.52 bits per heavy atom. The number of ether oxygens (including phenoxy) is 1. The first-order valence-electron chi connectivity index (χ1n) is 8.63. The smallest absolute Gasteiger partial charge is 0.118 e. The number of rotatable bonds is 6. The largest absolute Gasteiger partial charge is 0.497 e. The minimum Gasteiger partial charge on any atom is -0.497 e. The fourth-order valence-electron chi connectivity index (χ4n) is 3.84. The lowest BCUT2D eigenvalue weighted by Crippen LogP contribution is -2.31. The molecule has 0 amide bonds. The summed E-state index contributed by atoms with van der Waals surface area (Å²) in [4.78, 5) is 0. The number of nitrogens with one attached hydrogen (secondary N) is 1. The van der Waals surface area contributed by atoms with Crippen molar-refractivity contribution in [2.45, 2.75) is 51.5 Å². The molecular weight excluding hydrogens is 258 g/mol. The van der Waals surface area contributed by atoms with Crippen molar-refractivity contribution in [2.75, 3.05) is 13.7 Å². The Balaban J connectivity index is 1.59. The van der Waals surface area contributed by atoms with Gasteiger partial charge >= 0.3 is 0 Å². The van der Waals surface area contributed by atoms with E-state index in [2.05, 4.69) is 36.5 Å². The zero-order valence-electron chi connectivity index (χ0n) is 13.5. The summed E-state index contributed by atoms with van der Waals surface area (Å²) in [5, 5.41) is 3.88. The van der Waals surface area contributed by atoms with E-state index in [4.69, 9.17) is 4.74 Å². The molecule has 0 aromatic heterocycles. The van der Waals surface area contributed by atoms with E-state index in [1.807, 2.05) is 0 Å². The molecule has 3 rings (SSSR count). The summed E-state index contributed by atoms with van der Waals surface area (Å²) in [6.07, 6.45) is 8.44. The van der Waals surface area contributed by atoms with E-state index in [9.17, 15) is 0 Å². The highest BCUT2D eigenvalue weighted by Gasteiger charge is 2.32. The molecule has 2 nitrogen and oxygen atoms in total. The van der Waals surface area contributed by atoms with Gasteiger partial charge in [0.2, 0.25) is 0 Å². The van der Waals surface area contributed by atoms with Crippen molar-refractivity contribution in [3.63, 3.8) is 0 Å². The molecule has 0 saturated heterocycles. The molecule has 0 aliphatic heterocycles. The molecule has 0 heterocycles. The predicted octanol–water partition coefficient (Wildman–Crippen LogP) is 4.56. The number of hydrogen-bond acceptors (Lipinski definition) is 2. The zero-order chi connectivity index (χ0) is 14.7. The van der Waals surface area contributed by atoms with Crippen molar-refractivity contribution in [3.8, 4) is 5.75 Å². The molecule has 0 radical (unpaired) electrons. The summed E-state index contributed by atoms with van der Waals surface area (Å²) in [5.74, 6) is 3.60. The number of hydrogen-bond donors (Lipinski definition) is 1. The average Bonchev–Trinajstić information content (AvgIpc) is 3.33. The van der Waals surface area contributed by atoms with Gasteiger partial charge in [0.25, 0.3) is 0 Å². The van der Waals surface area contributed by atoms with Crippen LogP contribution in [0.2, 0.25) is 0 Å². The molecule has 3 atom stereocenters. The lowest BCUT2D eigenvalue weighted by molar-refractivity contribution is 0.263. The van der Waals surface area contributed by atoms with Crippen molar-refractivity contribution < 1.29 is 4.74 Å². The average molecular weight is 287 g/mol. The second-order valence-electron chi connectivity index (χ2n) is 7.13. The Morgan fingerprint density at radius 2 is 1.90 bits per heavy atom. The van der Waals surface area contributed by atoms with Crippen LogP contribution in [0.4, 0.5) is 0 Å². The van der Waals surface area contributed by atoms with Crippen LogP contribution >= 0.6 is 0 Å². The number of methoxy groups -OCH3 is 1. The van der Waals surface area contributed by atoms with Crippen LogP contribution < -0.4 is 10.1 Å². The van der Waals surface area contributed by atoms with Gasteiger partial charge in [-0.25, -0.2) is 0 Å². The zero-order valence-corrected chi connectivity index (χ0v) is 13.5. The molecule has 116 valence electrons. The maximum absolute atomic E-state index is 5.27. The van der Waals surface area contributed by atoms with Gasteiger partial charge < -0.3 is 10.1 Å². The molecule has 2 saturated carbocycles. The third kappa shape index (κ3) is 4.00. The number of benzene rings is 1. The van der Waals surface area contributed by atoms with Gasteiger partial charge in [0, 0.05) is 6.04 Å². The van der Waals surface area contributed by atoms with E-state index < -0.39 is 0 Å². The molecule has 3 unspecified atom stereocenters. The van der Waals surface area contributed by atoms with Crippen molar-refractivity contribution >= 4 is 0 Å². The summed E-state index contributed by atoms with van der Waals surface area (Å²) in [5.41, 5.74) is 1.43. The molecule has 0 spiro atoms. The van der Waals surface area contributed by atoms with Crippen molar-refractivity contribution in [3.05, 3.63) is 29.8 Å². The highest BCUT2D eigenvalue weighted by atomic mass is 16.5. The van der Waals surface area contributed by atoms with Crippen LogP contribution in [0, 0.1) is 17.8 Å². The van der Waals surface area contributed by atoms with Crippen LogP contribution in [0.1, 0.15) is 57.1 Å². The molecule has 1 N–H and O–H groups in total. The third-order valence-electron chi connectivity index (χ3n) is 5.24. The molecule has 2 aliphatic rings. The predicted molar refractivity (Wildman–Crippen MR) is 87.6 cm³/mol. The molecule has 0 bridgehead atoms. The van der Waals surface area contributed by atoms with Crippen molar-refractivity contribution in [2.24, 2.45) is 17.8 Å². The Bertz CT molecular complexity index is 437. The Morgan fingerprint density at radius 1 is 1.14 bits per heavy atom. The van der Waals surface area contributed by atoms with Crippen LogP contribution in [0.15, 0.2) is 24.3 Å². The summed E-state index contributed by atoms with van der Waals surface area (Å²) in [6.45, 7) is 3.60. The van der Waals surface area contributed by atoms with Gasteiger partial charge in [-0.15, -0.1) is 0 Å². The van der Waals surface area contributed by atoms with Crippen LogP contribution in [0.5, 0.6) is 5.75 Å². The van der Waals surface area contributed by atoms with E-state index in [1.165, 1.54) is 50.6 Å². The molecule has 2 heteroatoms. The molecule has 1 aromatic rings. The van der Waals surface area contributed by atoms with E-state index in [0.29, 0.717) is 6.04 Å². The second-order valence-corrected chi connectivity index (χ2v) is 7.13. The first-order valence-corrected chi connectivity index (χ1v) is 8.63. The van der Waals surface area contributed by atoms with Gasteiger partial charge in [-0.05, 0) is 67.7 Å². The van der Waals surface area contributed by atoms with E-state index >= 15 is 0 Å². The minimum absolute atomic E-state index is 0.549. The van der Waals surface area contributed by atoms with Gasteiger partial charge in [-0.3, -0.25) is 0 Å². The Kier molecular flexibility index (Phi) is 4.84. The van der Waals surface area contributed by atoms with Crippen molar-refractivity contribution in [1.82, 2.24) is 5.32 Å².